The quantitative estimate of drug-likeness (QED) is 0.926. The van der Waals surface area contributed by atoms with Crippen molar-refractivity contribution in [1.29, 1.82) is 0 Å². The smallest absolute Gasteiger partial charge is 0.208 e. The van der Waals surface area contributed by atoms with Gasteiger partial charge in [0.1, 0.15) is 0 Å². The van der Waals surface area contributed by atoms with Gasteiger partial charge in [0.2, 0.25) is 10.0 Å². The minimum absolute atomic E-state index is 0.444. The highest BCUT2D eigenvalue weighted by molar-refractivity contribution is 9.10. The van der Waals surface area contributed by atoms with E-state index in [1.54, 1.807) is 0 Å². The first kappa shape index (κ1) is 13.7. The first-order chi connectivity index (χ1) is 7.29. The highest BCUT2D eigenvalue weighted by Gasteiger charge is 2.04. The van der Waals surface area contributed by atoms with Crippen LogP contribution in [0.1, 0.15) is 16.7 Å². The Labute approximate surface area is 105 Å². The molecule has 1 rings (SSSR count). The zero-order chi connectivity index (χ0) is 12.3. The number of rotatable bonds is 4. The molecule has 0 saturated carbocycles. The van der Waals surface area contributed by atoms with Crippen molar-refractivity contribution in [3.8, 4) is 0 Å². The van der Waals surface area contributed by atoms with Crippen LogP contribution in [0, 0.1) is 13.8 Å². The van der Waals surface area contributed by atoms with E-state index in [0.717, 1.165) is 10.0 Å². The van der Waals surface area contributed by atoms with Gasteiger partial charge in [0, 0.05) is 11.0 Å². The van der Waals surface area contributed by atoms with E-state index >= 15 is 0 Å². The second kappa shape index (κ2) is 5.29. The van der Waals surface area contributed by atoms with Gasteiger partial charge >= 0.3 is 0 Å². The first-order valence-electron chi connectivity index (χ1n) is 5.00. The zero-order valence-electron chi connectivity index (χ0n) is 9.67. The van der Waals surface area contributed by atoms with Crippen LogP contribution in [0.3, 0.4) is 0 Å². The Balaban J connectivity index is 2.69. The van der Waals surface area contributed by atoms with Crippen LogP contribution in [0.2, 0.25) is 0 Å². The molecular formula is C11H16BrNO2S. The van der Waals surface area contributed by atoms with Crippen LogP contribution in [0.15, 0.2) is 16.6 Å². The third-order valence-electron chi connectivity index (χ3n) is 2.27. The SMILES string of the molecule is Cc1cc(CCNS(C)(=O)=O)cc(C)c1Br. The van der Waals surface area contributed by atoms with Crippen molar-refractivity contribution in [3.05, 3.63) is 33.3 Å². The maximum Gasteiger partial charge on any atom is 0.208 e. The summed E-state index contributed by atoms with van der Waals surface area (Å²) in [4.78, 5) is 0. The van der Waals surface area contributed by atoms with E-state index in [-0.39, 0.29) is 0 Å². The molecule has 0 heterocycles. The van der Waals surface area contributed by atoms with Crippen LogP contribution >= 0.6 is 15.9 Å². The summed E-state index contributed by atoms with van der Waals surface area (Å²) in [6.45, 7) is 4.51. The minimum Gasteiger partial charge on any atom is -0.215 e. The second-order valence-corrected chi connectivity index (χ2v) is 6.59. The topological polar surface area (TPSA) is 46.2 Å². The predicted molar refractivity (Wildman–Crippen MR) is 70.2 cm³/mol. The first-order valence-corrected chi connectivity index (χ1v) is 7.68. The van der Waals surface area contributed by atoms with Crippen LogP contribution in [0.4, 0.5) is 0 Å². The van der Waals surface area contributed by atoms with E-state index in [4.69, 9.17) is 0 Å². The van der Waals surface area contributed by atoms with Gasteiger partial charge in [0.15, 0.2) is 0 Å². The number of hydrogen-bond donors (Lipinski definition) is 1. The fourth-order valence-corrected chi connectivity index (χ4v) is 2.26. The Hall–Kier alpha value is -0.390. The van der Waals surface area contributed by atoms with Gasteiger partial charge in [0.05, 0.1) is 6.26 Å². The number of hydrogen-bond acceptors (Lipinski definition) is 2. The summed E-state index contributed by atoms with van der Waals surface area (Å²) in [7, 11) is -3.08. The standard InChI is InChI=1S/C11H16BrNO2S/c1-8-6-10(7-9(2)11(8)12)4-5-13-16(3,14)15/h6-7,13H,4-5H2,1-3H3. The van der Waals surface area contributed by atoms with Crippen molar-refractivity contribution in [1.82, 2.24) is 4.72 Å². The van der Waals surface area contributed by atoms with Gasteiger partial charge in [-0.05, 0) is 37.0 Å². The fourth-order valence-electron chi connectivity index (χ4n) is 1.56. The Morgan fingerprint density at radius 3 is 2.19 bits per heavy atom. The molecule has 0 fully saturated rings. The highest BCUT2D eigenvalue weighted by Crippen LogP contribution is 2.22. The van der Waals surface area contributed by atoms with Gasteiger partial charge in [-0.2, -0.15) is 0 Å². The third kappa shape index (κ3) is 4.23. The van der Waals surface area contributed by atoms with Crippen LogP contribution < -0.4 is 4.72 Å². The van der Waals surface area contributed by atoms with Crippen LogP contribution in [-0.2, 0) is 16.4 Å². The van der Waals surface area contributed by atoms with Crippen LogP contribution in [-0.4, -0.2) is 21.2 Å². The Bertz CT molecular complexity index is 460. The van der Waals surface area contributed by atoms with Crippen molar-refractivity contribution >= 4 is 26.0 Å². The summed E-state index contributed by atoms with van der Waals surface area (Å²) in [5.41, 5.74) is 3.50. The molecule has 0 bridgehead atoms. The molecule has 1 N–H and O–H groups in total. The molecule has 3 nitrogen and oxygen atoms in total. The lowest BCUT2D eigenvalue weighted by atomic mass is 10.1. The average molecular weight is 306 g/mol. The molecule has 1 aromatic carbocycles. The van der Waals surface area contributed by atoms with Crippen LogP contribution in [0.5, 0.6) is 0 Å². The molecule has 0 aromatic heterocycles. The molecule has 16 heavy (non-hydrogen) atoms. The second-order valence-electron chi connectivity index (χ2n) is 3.96. The van der Waals surface area contributed by atoms with E-state index in [9.17, 15) is 8.42 Å². The van der Waals surface area contributed by atoms with Gasteiger partial charge in [-0.3, -0.25) is 0 Å². The van der Waals surface area contributed by atoms with Crippen molar-refractivity contribution in [2.75, 3.05) is 12.8 Å². The Morgan fingerprint density at radius 2 is 1.75 bits per heavy atom. The van der Waals surface area contributed by atoms with E-state index in [1.807, 2.05) is 13.8 Å². The van der Waals surface area contributed by atoms with Crippen molar-refractivity contribution in [3.63, 3.8) is 0 Å². The normalized spacial score (nSPS) is 11.8. The average Bonchev–Trinajstić information content (AvgIpc) is 2.12. The third-order valence-corrected chi connectivity index (χ3v) is 4.25. The Kier molecular flexibility index (Phi) is 4.52. The molecule has 0 unspecified atom stereocenters. The van der Waals surface area contributed by atoms with Gasteiger partial charge in [0.25, 0.3) is 0 Å². The molecule has 1 aromatic rings. The predicted octanol–water partition coefficient (Wildman–Crippen LogP) is 2.16. The number of sulfonamides is 1. The monoisotopic (exact) mass is 305 g/mol. The lowest BCUT2D eigenvalue weighted by Gasteiger charge is -2.08. The summed E-state index contributed by atoms with van der Waals surface area (Å²) in [5.74, 6) is 0. The number of nitrogens with one attached hydrogen (secondary N) is 1. The lowest BCUT2D eigenvalue weighted by molar-refractivity contribution is 0.588. The van der Waals surface area contributed by atoms with Gasteiger partial charge in [-0.25, -0.2) is 13.1 Å². The molecule has 5 heteroatoms. The number of halogens is 1. The molecule has 0 atom stereocenters. The number of aryl methyl sites for hydroxylation is 2. The maximum atomic E-state index is 10.9. The van der Waals surface area contributed by atoms with Gasteiger partial charge in [-0.15, -0.1) is 0 Å². The molecule has 0 radical (unpaired) electrons. The molecule has 0 spiro atoms. The maximum absolute atomic E-state index is 10.9. The van der Waals surface area contributed by atoms with Crippen molar-refractivity contribution in [2.24, 2.45) is 0 Å². The summed E-state index contributed by atoms with van der Waals surface area (Å²) in [5, 5.41) is 0. The molecule has 90 valence electrons. The molecule has 0 aliphatic carbocycles. The lowest BCUT2D eigenvalue weighted by Crippen LogP contribution is -2.24. The highest BCUT2D eigenvalue weighted by atomic mass is 79.9. The van der Waals surface area contributed by atoms with Crippen LogP contribution in [0.25, 0.3) is 0 Å². The van der Waals surface area contributed by atoms with Crippen molar-refractivity contribution < 1.29 is 8.42 Å². The van der Waals surface area contributed by atoms with E-state index < -0.39 is 10.0 Å². The minimum atomic E-state index is -3.08. The zero-order valence-corrected chi connectivity index (χ0v) is 12.1. The molecule has 0 amide bonds. The molecule has 0 aliphatic rings. The molecular weight excluding hydrogens is 290 g/mol. The van der Waals surface area contributed by atoms with E-state index in [2.05, 4.69) is 32.8 Å². The largest absolute Gasteiger partial charge is 0.215 e. The Morgan fingerprint density at radius 1 is 1.25 bits per heavy atom. The van der Waals surface area contributed by atoms with Gasteiger partial charge < -0.3 is 0 Å². The van der Waals surface area contributed by atoms with Gasteiger partial charge in [-0.1, -0.05) is 28.1 Å². The van der Waals surface area contributed by atoms with E-state index in [1.165, 1.54) is 17.4 Å². The molecule has 0 aliphatic heterocycles. The summed E-state index contributed by atoms with van der Waals surface area (Å²) in [6, 6.07) is 4.14. The molecule has 0 saturated heterocycles. The summed E-state index contributed by atoms with van der Waals surface area (Å²) < 4.78 is 25.4. The number of benzene rings is 1. The van der Waals surface area contributed by atoms with Crippen molar-refractivity contribution in [2.45, 2.75) is 20.3 Å². The summed E-state index contributed by atoms with van der Waals surface area (Å²) >= 11 is 3.50. The fraction of sp³-hybridized carbons (Fsp3) is 0.455. The summed E-state index contributed by atoms with van der Waals surface area (Å²) in [6.07, 6.45) is 1.88. The van der Waals surface area contributed by atoms with E-state index in [0.29, 0.717) is 13.0 Å².